The summed E-state index contributed by atoms with van der Waals surface area (Å²) in [5, 5.41) is 0. The van der Waals surface area contributed by atoms with E-state index in [9.17, 15) is 0 Å². The van der Waals surface area contributed by atoms with Crippen LogP contribution in [0.3, 0.4) is 0 Å². The van der Waals surface area contributed by atoms with Crippen molar-refractivity contribution in [3.05, 3.63) is 34.4 Å². The first-order chi connectivity index (χ1) is 8.50. The molecule has 0 bridgehead atoms. The lowest BCUT2D eigenvalue weighted by Crippen LogP contribution is -2.42. The van der Waals surface area contributed by atoms with E-state index < -0.39 is 0 Å². The van der Waals surface area contributed by atoms with Crippen LogP contribution in [0.4, 0.5) is 0 Å². The lowest BCUT2D eigenvalue weighted by Gasteiger charge is -2.29. The number of hydrogen-bond acceptors (Lipinski definition) is 2. The maximum Gasteiger partial charge on any atom is 0.0483 e. The average molecular weight is 247 g/mol. The quantitative estimate of drug-likeness (QED) is 0.871. The molecule has 1 atom stereocenters. The molecule has 2 heteroatoms. The van der Waals surface area contributed by atoms with Crippen molar-refractivity contribution in [3.8, 4) is 0 Å². The van der Waals surface area contributed by atoms with Gasteiger partial charge in [-0.15, -0.1) is 0 Å². The Hall–Kier alpha value is -0.860. The Labute approximate surface area is 111 Å². The van der Waals surface area contributed by atoms with Gasteiger partial charge in [-0.05, 0) is 63.1 Å². The number of aryl methyl sites for hydroxylation is 3. The maximum absolute atomic E-state index is 6.59. The fourth-order valence-corrected chi connectivity index (χ4v) is 3.05. The van der Waals surface area contributed by atoms with Crippen LogP contribution in [0.2, 0.25) is 0 Å². The lowest BCUT2D eigenvalue weighted by molar-refractivity contribution is 0.139. The molecule has 0 aliphatic carbocycles. The second-order valence-corrected chi connectivity index (χ2v) is 5.88. The minimum absolute atomic E-state index is 0.0821. The summed E-state index contributed by atoms with van der Waals surface area (Å²) in [6, 6.07) is 4.53. The second kappa shape index (κ2) is 5.41. The summed E-state index contributed by atoms with van der Waals surface area (Å²) >= 11 is 0. The molecule has 0 saturated carbocycles. The molecular formula is C16H25NO. The zero-order valence-electron chi connectivity index (χ0n) is 11.9. The molecular weight excluding hydrogens is 222 g/mol. The van der Waals surface area contributed by atoms with Crippen LogP contribution in [-0.4, -0.2) is 18.8 Å². The molecule has 2 N–H and O–H groups in total. The number of hydrogen-bond donors (Lipinski definition) is 1. The fourth-order valence-electron chi connectivity index (χ4n) is 3.05. The van der Waals surface area contributed by atoms with E-state index in [1.165, 1.54) is 22.3 Å². The van der Waals surface area contributed by atoms with Crippen LogP contribution in [-0.2, 0) is 11.2 Å². The molecule has 2 nitrogen and oxygen atoms in total. The van der Waals surface area contributed by atoms with Crippen molar-refractivity contribution in [2.24, 2.45) is 5.73 Å². The van der Waals surface area contributed by atoms with Gasteiger partial charge in [0.2, 0.25) is 0 Å². The van der Waals surface area contributed by atoms with E-state index in [0.29, 0.717) is 0 Å². The predicted molar refractivity (Wildman–Crippen MR) is 75.9 cm³/mol. The minimum Gasteiger partial charge on any atom is -0.381 e. The van der Waals surface area contributed by atoms with Crippen LogP contribution in [0.25, 0.3) is 0 Å². The van der Waals surface area contributed by atoms with Crippen LogP contribution >= 0.6 is 0 Å². The summed E-state index contributed by atoms with van der Waals surface area (Å²) in [4.78, 5) is 0. The number of rotatable bonds is 2. The summed E-state index contributed by atoms with van der Waals surface area (Å²) in [6.45, 7) is 8.23. The monoisotopic (exact) mass is 247 g/mol. The molecule has 1 fully saturated rings. The molecule has 1 aromatic carbocycles. The molecule has 0 aromatic heterocycles. The van der Waals surface area contributed by atoms with E-state index in [2.05, 4.69) is 32.9 Å². The Morgan fingerprint density at radius 1 is 1.11 bits per heavy atom. The van der Waals surface area contributed by atoms with Crippen LogP contribution < -0.4 is 5.73 Å². The lowest BCUT2D eigenvalue weighted by atomic mass is 9.82. The van der Waals surface area contributed by atoms with Crippen molar-refractivity contribution < 1.29 is 4.74 Å². The van der Waals surface area contributed by atoms with Crippen LogP contribution in [0.1, 0.15) is 41.5 Å². The Morgan fingerprint density at radius 3 is 2.44 bits per heavy atom. The highest BCUT2D eigenvalue weighted by Crippen LogP contribution is 2.27. The Balaban J connectivity index is 2.22. The predicted octanol–water partition coefficient (Wildman–Crippen LogP) is 3.05. The van der Waals surface area contributed by atoms with Crippen molar-refractivity contribution in [3.63, 3.8) is 0 Å². The maximum atomic E-state index is 6.59. The third-order valence-corrected chi connectivity index (χ3v) is 4.08. The highest BCUT2D eigenvalue weighted by Gasteiger charge is 2.27. The van der Waals surface area contributed by atoms with Gasteiger partial charge in [-0.2, -0.15) is 0 Å². The third kappa shape index (κ3) is 3.12. The largest absolute Gasteiger partial charge is 0.381 e. The van der Waals surface area contributed by atoms with Gasteiger partial charge in [0.05, 0.1) is 0 Å². The first kappa shape index (κ1) is 13.6. The molecule has 0 radical (unpaired) electrons. The summed E-state index contributed by atoms with van der Waals surface area (Å²) in [6.07, 6.45) is 4.11. The zero-order chi connectivity index (χ0) is 13.2. The highest BCUT2D eigenvalue weighted by molar-refractivity contribution is 5.38. The summed E-state index contributed by atoms with van der Waals surface area (Å²) < 4.78 is 5.53. The van der Waals surface area contributed by atoms with Crippen LogP contribution in [0, 0.1) is 20.8 Å². The van der Waals surface area contributed by atoms with Gasteiger partial charge in [0.15, 0.2) is 0 Å². The van der Waals surface area contributed by atoms with Crippen LogP contribution in [0.15, 0.2) is 12.1 Å². The van der Waals surface area contributed by atoms with E-state index in [-0.39, 0.29) is 5.54 Å². The van der Waals surface area contributed by atoms with Gasteiger partial charge in [0.1, 0.15) is 0 Å². The first-order valence-corrected chi connectivity index (χ1v) is 6.93. The first-order valence-electron chi connectivity index (χ1n) is 6.93. The summed E-state index contributed by atoms with van der Waals surface area (Å²) in [7, 11) is 0. The molecule has 0 spiro atoms. The molecule has 0 amide bonds. The molecule has 1 unspecified atom stereocenters. The second-order valence-electron chi connectivity index (χ2n) is 5.88. The van der Waals surface area contributed by atoms with E-state index in [4.69, 9.17) is 10.5 Å². The third-order valence-electron chi connectivity index (χ3n) is 4.08. The highest BCUT2D eigenvalue weighted by atomic mass is 16.5. The molecule has 1 aromatic rings. The minimum atomic E-state index is -0.0821. The van der Waals surface area contributed by atoms with Gasteiger partial charge >= 0.3 is 0 Å². The van der Waals surface area contributed by atoms with Gasteiger partial charge in [-0.3, -0.25) is 0 Å². The molecule has 1 aliphatic heterocycles. The van der Waals surface area contributed by atoms with E-state index in [0.717, 1.165) is 38.9 Å². The van der Waals surface area contributed by atoms with Gasteiger partial charge in [0.25, 0.3) is 0 Å². The topological polar surface area (TPSA) is 35.2 Å². The molecule has 18 heavy (non-hydrogen) atoms. The van der Waals surface area contributed by atoms with Crippen molar-refractivity contribution in [2.75, 3.05) is 13.2 Å². The van der Waals surface area contributed by atoms with E-state index in [1.807, 2.05) is 0 Å². The number of ether oxygens (including phenoxy) is 1. The molecule has 1 aliphatic rings. The molecule has 100 valence electrons. The SMILES string of the molecule is Cc1cc(C)c(CC2(N)CCCOCC2)c(C)c1. The van der Waals surface area contributed by atoms with Crippen molar-refractivity contribution in [1.82, 2.24) is 0 Å². The standard InChI is InChI=1S/C16H25NO/c1-12-9-13(2)15(14(3)10-12)11-16(17)5-4-7-18-8-6-16/h9-10H,4-8,11,17H2,1-3H3. The normalized spacial score (nSPS) is 24.9. The zero-order valence-corrected chi connectivity index (χ0v) is 11.9. The molecule has 2 rings (SSSR count). The average Bonchev–Trinajstić information content (AvgIpc) is 2.49. The summed E-state index contributed by atoms with van der Waals surface area (Å²) in [5.41, 5.74) is 12.0. The Bertz CT molecular complexity index is 394. The van der Waals surface area contributed by atoms with Gasteiger partial charge in [-0.1, -0.05) is 17.7 Å². The Kier molecular flexibility index (Phi) is 4.08. The molecule has 1 heterocycles. The summed E-state index contributed by atoms with van der Waals surface area (Å²) in [5.74, 6) is 0. The Morgan fingerprint density at radius 2 is 1.78 bits per heavy atom. The molecule has 1 saturated heterocycles. The fraction of sp³-hybridized carbons (Fsp3) is 0.625. The van der Waals surface area contributed by atoms with Gasteiger partial charge in [-0.25, -0.2) is 0 Å². The number of benzene rings is 1. The van der Waals surface area contributed by atoms with Crippen molar-refractivity contribution in [2.45, 2.75) is 52.0 Å². The van der Waals surface area contributed by atoms with Gasteiger partial charge in [0, 0.05) is 18.8 Å². The van der Waals surface area contributed by atoms with Gasteiger partial charge < -0.3 is 10.5 Å². The van der Waals surface area contributed by atoms with Crippen molar-refractivity contribution in [1.29, 1.82) is 0 Å². The van der Waals surface area contributed by atoms with E-state index >= 15 is 0 Å². The van der Waals surface area contributed by atoms with Crippen molar-refractivity contribution >= 4 is 0 Å². The van der Waals surface area contributed by atoms with E-state index in [1.54, 1.807) is 0 Å². The van der Waals surface area contributed by atoms with Crippen LogP contribution in [0.5, 0.6) is 0 Å². The number of nitrogens with two attached hydrogens (primary N) is 1. The smallest absolute Gasteiger partial charge is 0.0483 e.